The third-order valence-electron chi connectivity index (χ3n) is 8.34. The van der Waals surface area contributed by atoms with Crippen LogP contribution in [0.5, 0.6) is 5.75 Å². The minimum Gasteiger partial charge on any atom is -0.483 e. The quantitative estimate of drug-likeness (QED) is 0.387. The Bertz CT molecular complexity index is 1030. The highest BCUT2D eigenvalue weighted by atomic mass is 19.1. The highest BCUT2D eigenvalue weighted by Crippen LogP contribution is 2.38. The van der Waals surface area contributed by atoms with Gasteiger partial charge >= 0.3 is 0 Å². The van der Waals surface area contributed by atoms with Crippen LogP contribution in [0.2, 0.25) is 0 Å². The molecule has 2 unspecified atom stereocenters. The molecule has 0 radical (unpaired) electrons. The first kappa shape index (κ1) is 28.2. The van der Waals surface area contributed by atoms with Crippen LogP contribution in [0.25, 0.3) is 0 Å². The van der Waals surface area contributed by atoms with E-state index in [4.69, 9.17) is 4.74 Å². The molecule has 0 aromatic heterocycles. The van der Waals surface area contributed by atoms with Gasteiger partial charge in [0.25, 0.3) is 5.91 Å². The Labute approximate surface area is 217 Å². The summed E-state index contributed by atoms with van der Waals surface area (Å²) in [7, 11) is 0. The minimum atomic E-state index is -0.218. The first-order chi connectivity index (χ1) is 16.9. The maximum atomic E-state index is 13.3. The van der Waals surface area contributed by atoms with Crippen LogP contribution in [0.1, 0.15) is 84.9 Å². The molecule has 2 atom stereocenters. The zero-order valence-corrected chi connectivity index (χ0v) is 23.5. The van der Waals surface area contributed by atoms with Crippen molar-refractivity contribution in [1.82, 2.24) is 9.80 Å². The Morgan fingerprint density at radius 2 is 1.58 bits per heavy atom. The van der Waals surface area contributed by atoms with Gasteiger partial charge in [-0.25, -0.2) is 4.39 Å². The van der Waals surface area contributed by atoms with Crippen LogP contribution in [0.3, 0.4) is 0 Å². The molecule has 1 amide bonds. The van der Waals surface area contributed by atoms with Crippen molar-refractivity contribution in [2.75, 3.05) is 19.7 Å². The molecule has 3 rings (SSSR count). The Morgan fingerprint density at radius 3 is 2.19 bits per heavy atom. The van der Waals surface area contributed by atoms with Gasteiger partial charge in [0.15, 0.2) is 6.61 Å². The lowest BCUT2D eigenvalue weighted by Crippen LogP contribution is -2.58. The topological polar surface area (TPSA) is 32.8 Å². The molecule has 0 aliphatic carbocycles. The smallest absolute Gasteiger partial charge is 0.260 e. The summed E-state index contributed by atoms with van der Waals surface area (Å²) in [5.41, 5.74) is 3.60. The molecule has 198 valence electrons. The Morgan fingerprint density at radius 1 is 0.944 bits per heavy atom. The molecular weight excluding hydrogens is 451 g/mol. The third kappa shape index (κ3) is 6.47. The number of hydrogen-bond acceptors (Lipinski definition) is 3. The molecule has 1 aliphatic rings. The summed E-state index contributed by atoms with van der Waals surface area (Å²) in [4.78, 5) is 17.6. The predicted octanol–water partition coefficient (Wildman–Crippen LogP) is 6.70. The van der Waals surface area contributed by atoms with E-state index >= 15 is 0 Å². The van der Waals surface area contributed by atoms with Crippen LogP contribution in [0, 0.1) is 5.82 Å². The maximum absolute atomic E-state index is 13.3. The zero-order valence-electron chi connectivity index (χ0n) is 23.5. The van der Waals surface area contributed by atoms with E-state index < -0.39 is 0 Å². The van der Waals surface area contributed by atoms with Gasteiger partial charge in [-0.1, -0.05) is 65.8 Å². The number of halogens is 1. The van der Waals surface area contributed by atoms with E-state index in [-0.39, 0.29) is 41.2 Å². The summed E-state index contributed by atoms with van der Waals surface area (Å²) in [6, 6.07) is 13.5. The molecule has 36 heavy (non-hydrogen) atoms. The second kappa shape index (κ2) is 11.3. The van der Waals surface area contributed by atoms with Crippen LogP contribution in [0.4, 0.5) is 4.39 Å². The van der Waals surface area contributed by atoms with E-state index in [1.807, 2.05) is 17.0 Å². The van der Waals surface area contributed by atoms with Gasteiger partial charge in [0, 0.05) is 37.3 Å². The van der Waals surface area contributed by atoms with Gasteiger partial charge in [-0.05, 0) is 66.8 Å². The van der Waals surface area contributed by atoms with E-state index in [9.17, 15) is 9.18 Å². The average Bonchev–Trinajstić information content (AvgIpc) is 2.85. The van der Waals surface area contributed by atoms with Crippen molar-refractivity contribution in [2.45, 2.75) is 97.7 Å². The van der Waals surface area contributed by atoms with Crippen LogP contribution in [-0.4, -0.2) is 47.5 Å². The number of benzene rings is 2. The fourth-order valence-electron chi connectivity index (χ4n) is 4.81. The van der Waals surface area contributed by atoms with Crippen molar-refractivity contribution in [3.8, 4) is 5.75 Å². The number of amides is 1. The molecule has 0 bridgehead atoms. The van der Waals surface area contributed by atoms with Gasteiger partial charge in [0.1, 0.15) is 11.6 Å². The molecule has 5 heteroatoms. The SMILES string of the molecule is CCC(C)(C)c1ccc(OCC(=O)N2CC(C)N(Cc3ccc(F)cc3)CC2C)c(C(C)(C)CC)c1. The van der Waals surface area contributed by atoms with Crippen molar-refractivity contribution in [3.63, 3.8) is 0 Å². The summed E-state index contributed by atoms with van der Waals surface area (Å²) in [6.07, 6.45) is 2.04. The normalized spacial score (nSPS) is 19.4. The summed E-state index contributed by atoms with van der Waals surface area (Å²) in [5.74, 6) is 0.611. The fraction of sp³-hybridized carbons (Fsp3) is 0.581. The first-order valence-corrected chi connectivity index (χ1v) is 13.4. The summed E-state index contributed by atoms with van der Waals surface area (Å²) in [6.45, 7) is 19.9. The van der Waals surface area contributed by atoms with Gasteiger partial charge in [-0.15, -0.1) is 0 Å². The number of hydrogen-bond donors (Lipinski definition) is 0. The second-order valence-electron chi connectivity index (χ2n) is 11.8. The van der Waals surface area contributed by atoms with Crippen LogP contribution in [0.15, 0.2) is 42.5 Å². The lowest BCUT2D eigenvalue weighted by atomic mass is 9.76. The Balaban J connectivity index is 1.69. The number of carbonyl (C=O) groups excluding carboxylic acids is 1. The molecule has 1 heterocycles. The van der Waals surface area contributed by atoms with Crippen molar-refractivity contribution in [1.29, 1.82) is 0 Å². The van der Waals surface area contributed by atoms with Gasteiger partial charge in [-0.2, -0.15) is 0 Å². The lowest BCUT2D eigenvalue weighted by molar-refractivity contribution is -0.139. The maximum Gasteiger partial charge on any atom is 0.260 e. The largest absolute Gasteiger partial charge is 0.483 e. The minimum absolute atomic E-state index is 0.0222. The molecule has 0 N–H and O–H groups in total. The molecule has 4 nitrogen and oxygen atoms in total. The molecule has 1 fully saturated rings. The van der Waals surface area contributed by atoms with E-state index in [0.29, 0.717) is 6.54 Å². The molecule has 1 saturated heterocycles. The monoisotopic (exact) mass is 496 g/mol. The average molecular weight is 497 g/mol. The van der Waals surface area contributed by atoms with Crippen molar-refractivity contribution >= 4 is 5.91 Å². The first-order valence-electron chi connectivity index (χ1n) is 13.4. The van der Waals surface area contributed by atoms with Crippen LogP contribution < -0.4 is 4.74 Å². The number of nitrogens with zero attached hydrogens (tertiary/aromatic N) is 2. The highest BCUT2D eigenvalue weighted by molar-refractivity contribution is 5.78. The van der Waals surface area contributed by atoms with Crippen LogP contribution in [-0.2, 0) is 22.2 Å². The van der Waals surface area contributed by atoms with Crippen molar-refractivity contribution < 1.29 is 13.9 Å². The Hall–Kier alpha value is -2.40. The highest BCUT2D eigenvalue weighted by Gasteiger charge is 2.33. The molecular formula is C31H45FN2O2. The standard InChI is InChI=1S/C31H45FN2O2/c1-9-30(5,6)25-13-16-28(27(17-25)31(7,8)10-2)36-21-29(35)34-19-22(3)33(18-23(34)4)20-24-11-14-26(32)15-12-24/h11-17,22-23H,9-10,18-21H2,1-8H3. The zero-order chi connectivity index (χ0) is 26.7. The Kier molecular flexibility index (Phi) is 8.87. The number of ether oxygens (including phenoxy) is 1. The number of carbonyl (C=O) groups is 1. The third-order valence-corrected chi connectivity index (χ3v) is 8.34. The van der Waals surface area contributed by atoms with Gasteiger partial charge in [0.05, 0.1) is 0 Å². The van der Waals surface area contributed by atoms with E-state index in [2.05, 4.69) is 78.5 Å². The molecule has 1 aliphatic heterocycles. The predicted molar refractivity (Wildman–Crippen MR) is 146 cm³/mol. The summed E-state index contributed by atoms with van der Waals surface area (Å²) >= 11 is 0. The molecule has 2 aromatic rings. The van der Waals surface area contributed by atoms with Gasteiger partial charge in [-0.3, -0.25) is 9.69 Å². The number of piperazine rings is 1. The van der Waals surface area contributed by atoms with E-state index in [1.54, 1.807) is 0 Å². The van der Waals surface area contributed by atoms with Crippen molar-refractivity contribution in [2.24, 2.45) is 0 Å². The summed E-state index contributed by atoms with van der Waals surface area (Å²) in [5, 5.41) is 0. The van der Waals surface area contributed by atoms with E-state index in [1.165, 1.54) is 23.3 Å². The van der Waals surface area contributed by atoms with Gasteiger partial charge in [0.2, 0.25) is 0 Å². The molecule has 0 spiro atoms. The fourth-order valence-corrected chi connectivity index (χ4v) is 4.81. The van der Waals surface area contributed by atoms with Gasteiger partial charge < -0.3 is 9.64 Å². The van der Waals surface area contributed by atoms with Crippen LogP contribution >= 0.6 is 0 Å². The molecule has 0 saturated carbocycles. The lowest BCUT2D eigenvalue weighted by Gasteiger charge is -2.44. The molecule has 2 aromatic carbocycles. The second-order valence-corrected chi connectivity index (χ2v) is 11.8. The van der Waals surface area contributed by atoms with E-state index in [0.717, 1.165) is 37.2 Å². The number of rotatable bonds is 9. The summed E-state index contributed by atoms with van der Waals surface area (Å²) < 4.78 is 19.5. The van der Waals surface area contributed by atoms with Crippen molar-refractivity contribution in [3.05, 3.63) is 65.0 Å².